The van der Waals surface area contributed by atoms with Crippen LogP contribution < -0.4 is 4.74 Å². The number of carbonyl (C=O) groups excluding carboxylic acids is 2. The second-order valence-electron chi connectivity index (χ2n) is 8.77. The van der Waals surface area contributed by atoms with Gasteiger partial charge in [0.1, 0.15) is 53.7 Å². The molecule has 2 unspecified atom stereocenters. The lowest BCUT2D eigenvalue weighted by Crippen LogP contribution is -2.60. The third-order valence-corrected chi connectivity index (χ3v) is 6.11. The minimum absolute atomic E-state index is 0.0430. The Labute approximate surface area is 211 Å². The molecule has 1 aliphatic rings. The molecule has 0 radical (unpaired) electrons. The summed E-state index contributed by atoms with van der Waals surface area (Å²) in [5.74, 6) is -0.814. The van der Waals surface area contributed by atoms with Crippen LogP contribution in [0.1, 0.15) is 27.9 Å². The zero-order valence-corrected chi connectivity index (χ0v) is 20.2. The molecule has 11 nitrogen and oxygen atoms in total. The van der Waals surface area contributed by atoms with Gasteiger partial charge in [0.15, 0.2) is 5.78 Å². The van der Waals surface area contributed by atoms with Crippen LogP contribution in [-0.4, -0.2) is 76.8 Å². The molecule has 4 rings (SSSR count). The highest BCUT2D eigenvalue weighted by atomic mass is 16.7. The predicted octanol–water partition coefficient (Wildman–Crippen LogP) is 2.23. The Morgan fingerprint density at radius 2 is 1.81 bits per heavy atom. The van der Waals surface area contributed by atoms with Crippen molar-refractivity contribution in [2.24, 2.45) is 0 Å². The molecule has 0 aliphatic carbocycles. The van der Waals surface area contributed by atoms with Crippen LogP contribution in [0, 0.1) is 6.92 Å². The molecule has 37 heavy (non-hydrogen) atoms. The van der Waals surface area contributed by atoms with Crippen LogP contribution in [0.4, 0.5) is 4.79 Å². The maximum Gasteiger partial charge on any atom is 0.508 e. The molecule has 1 aliphatic heterocycles. The number of ketones is 1. The zero-order valence-electron chi connectivity index (χ0n) is 20.2. The molecular weight excluding hydrogens is 488 g/mol. The maximum atomic E-state index is 13.2. The van der Waals surface area contributed by atoms with Crippen molar-refractivity contribution < 1.29 is 53.4 Å². The summed E-state index contributed by atoms with van der Waals surface area (Å²) in [6.45, 7) is 1.17. The first-order chi connectivity index (χ1) is 17.7. The van der Waals surface area contributed by atoms with Gasteiger partial charge in [-0.2, -0.15) is 0 Å². The number of aliphatic hydroxyl groups is 3. The van der Waals surface area contributed by atoms with Gasteiger partial charge in [0, 0.05) is 11.8 Å². The number of aliphatic hydroxyl groups excluding tert-OH is 3. The molecule has 198 valence electrons. The number of fused-ring (bicyclic) bond motifs is 1. The standard InChI is InChI=1S/C26H28O11/c1-13-9-17(28)21(16(27)5-3-14-4-6-18-15(11-14)7-8-34-18)19(10-13)36-25-24(31)23(30)22(29)20(37-25)12-35-26(32)33-2/h4,6-11,20,22-25,28-31H,3,5,12H2,1-2H3/t20?,22-,23?,24+,25-/m1/s1. The number of methoxy groups -OCH3 is 1. The van der Waals surface area contributed by atoms with Gasteiger partial charge in [-0.1, -0.05) is 6.07 Å². The number of hydrogen-bond donors (Lipinski definition) is 4. The maximum absolute atomic E-state index is 13.2. The van der Waals surface area contributed by atoms with Crippen molar-refractivity contribution in [3.8, 4) is 11.5 Å². The lowest BCUT2D eigenvalue weighted by Gasteiger charge is -2.40. The molecule has 0 amide bonds. The van der Waals surface area contributed by atoms with Crippen LogP contribution >= 0.6 is 0 Å². The summed E-state index contributed by atoms with van der Waals surface area (Å²) in [7, 11) is 1.10. The van der Waals surface area contributed by atoms with E-state index in [1.54, 1.807) is 13.2 Å². The number of carbonyl (C=O) groups is 2. The highest BCUT2D eigenvalue weighted by Crippen LogP contribution is 2.34. The van der Waals surface area contributed by atoms with Crippen molar-refractivity contribution in [2.45, 2.75) is 50.5 Å². The van der Waals surface area contributed by atoms with E-state index in [-0.39, 0.29) is 23.5 Å². The minimum Gasteiger partial charge on any atom is -0.507 e. The van der Waals surface area contributed by atoms with Gasteiger partial charge in [0.05, 0.1) is 13.4 Å². The largest absolute Gasteiger partial charge is 0.508 e. The highest BCUT2D eigenvalue weighted by Gasteiger charge is 2.46. The van der Waals surface area contributed by atoms with E-state index in [4.69, 9.17) is 18.6 Å². The smallest absolute Gasteiger partial charge is 0.507 e. The first-order valence-electron chi connectivity index (χ1n) is 11.6. The Kier molecular flexibility index (Phi) is 7.98. The first-order valence-corrected chi connectivity index (χ1v) is 11.6. The van der Waals surface area contributed by atoms with Crippen LogP contribution in [0.15, 0.2) is 47.1 Å². The van der Waals surface area contributed by atoms with E-state index in [0.717, 1.165) is 23.6 Å². The number of benzene rings is 2. The third kappa shape index (κ3) is 5.86. The fraction of sp³-hybridized carbons (Fsp3) is 0.385. The van der Waals surface area contributed by atoms with Crippen molar-refractivity contribution >= 4 is 22.9 Å². The molecule has 0 bridgehead atoms. The number of rotatable bonds is 8. The molecule has 2 heterocycles. The fourth-order valence-electron chi connectivity index (χ4n) is 4.15. The monoisotopic (exact) mass is 516 g/mol. The van der Waals surface area contributed by atoms with Crippen LogP contribution in [0.3, 0.4) is 0 Å². The number of furan rings is 1. The van der Waals surface area contributed by atoms with E-state index < -0.39 is 49.3 Å². The molecule has 11 heteroatoms. The van der Waals surface area contributed by atoms with Gasteiger partial charge in [0.2, 0.25) is 6.29 Å². The topological polar surface area (TPSA) is 165 Å². The quantitative estimate of drug-likeness (QED) is 0.256. The highest BCUT2D eigenvalue weighted by molar-refractivity contribution is 6.01. The molecular formula is C26H28O11. The van der Waals surface area contributed by atoms with Crippen LogP contribution in [-0.2, 0) is 20.6 Å². The molecule has 0 spiro atoms. The van der Waals surface area contributed by atoms with Crippen molar-refractivity contribution in [2.75, 3.05) is 13.7 Å². The SMILES string of the molecule is COC(=O)OCC1O[C@@H](Oc2cc(C)cc(O)c2C(=O)CCc2ccc3occc3c2)[C@@H](O)C(O)[C@@H]1O. The summed E-state index contributed by atoms with van der Waals surface area (Å²) >= 11 is 0. The van der Waals surface area contributed by atoms with E-state index in [2.05, 4.69) is 4.74 Å². The van der Waals surface area contributed by atoms with E-state index in [9.17, 15) is 30.0 Å². The summed E-state index contributed by atoms with van der Waals surface area (Å²) in [6, 6.07) is 10.3. The van der Waals surface area contributed by atoms with Gasteiger partial charge in [0.25, 0.3) is 0 Å². The molecule has 5 atom stereocenters. The fourth-order valence-corrected chi connectivity index (χ4v) is 4.15. The summed E-state index contributed by atoms with van der Waals surface area (Å²) in [5.41, 5.74) is 2.07. The molecule has 4 N–H and O–H groups in total. The summed E-state index contributed by atoms with van der Waals surface area (Å²) in [5, 5.41) is 42.5. The second kappa shape index (κ2) is 11.2. The lowest BCUT2D eigenvalue weighted by atomic mass is 9.98. The molecule has 1 fully saturated rings. The Morgan fingerprint density at radius 3 is 2.57 bits per heavy atom. The van der Waals surface area contributed by atoms with Crippen LogP contribution in [0.2, 0.25) is 0 Å². The average Bonchev–Trinajstić information content (AvgIpc) is 3.34. The Bertz CT molecular complexity index is 1270. The second-order valence-corrected chi connectivity index (χ2v) is 8.77. The Hall–Kier alpha value is -3.64. The average molecular weight is 516 g/mol. The van der Waals surface area contributed by atoms with Gasteiger partial charge in [-0.05, 0) is 54.8 Å². The van der Waals surface area contributed by atoms with Crippen molar-refractivity contribution in [1.82, 2.24) is 0 Å². The number of aromatic hydroxyl groups is 1. The minimum atomic E-state index is -1.71. The lowest BCUT2D eigenvalue weighted by molar-refractivity contribution is -0.277. The summed E-state index contributed by atoms with van der Waals surface area (Å²) < 4.78 is 25.8. The zero-order chi connectivity index (χ0) is 26.7. The van der Waals surface area contributed by atoms with Crippen LogP contribution in [0.25, 0.3) is 11.0 Å². The van der Waals surface area contributed by atoms with Crippen molar-refractivity contribution in [3.05, 3.63) is 59.4 Å². The molecule has 1 aromatic heterocycles. The van der Waals surface area contributed by atoms with Gasteiger partial charge in [-0.15, -0.1) is 0 Å². The number of aryl methyl sites for hydroxylation is 2. The van der Waals surface area contributed by atoms with Crippen LogP contribution in [0.5, 0.6) is 11.5 Å². The van der Waals surface area contributed by atoms with Gasteiger partial charge >= 0.3 is 6.16 Å². The van der Waals surface area contributed by atoms with E-state index >= 15 is 0 Å². The predicted molar refractivity (Wildman–Crippen MR) is 127 cm³/mol. The Balaban J connectivity index is 1.52. The van der Waals surface area contributed by atoms with Crippen molar-refractivity contribution in [3.63, 3.8) is 0 Å². The molecule has 1 saturated heterocycles. The number of phenols is 1. The number of ether oxygens (including phenoxy) is 4. The Morgan fingerprint density at radius 1 is 1.03 bits per heavy atom. The van der Waals surface area contributed by atoms with Crippen molar-refractivity contribution in [1.29, 1.82) is 0 Å². The molecule has 2 aromatic carbocycles. The van der Waals surface area contributed by atoms with Gasteiger partial charge in [-0.25, -0.2) is 4.79 Å². The van der Waals surface area contributed by atoms with E-state index in [0.29, 0.717) is 12.0 Å². The summed E-state index contributed by atoms with van der Waals surface area (Å²) in [6.07, 6.45) is -6.86. The third-order valence-electron chi connectivity index (χ3n) is 6.11. The molecule has 0 saturated carbocycles. The molecule has 3 aromatic rings. The van der Waals surface area contributed by atoms with Gasteiger partial charge < -0.3 is 43.8 Å². The normalized spacial score (nSPS) is 23.5. The first kappa shape index (κ1) is 26.4. The summed E-state index contributed by atoms with van der Waals surface area (Å²) in [4.78, 5) is 24.5. The number of phenolic OH excluding ortho intramolecular Hbond substituents is 1. The number of Topliss-reactive ketones (excluding diaryl/α,β-unsaturated/α-hetero) is 1. The van der Waals surface area contributed by atoms with E-state index in [1.165, 1.54) is 12.1 Å². The van der Waals surface area contributed by atoms with Gasteiger partial charge in [-0.3, -0.25) is 4.79 Å². The number of hydrogen-bond acceptors (Lipinski definition) is 11. The van der Waals surface area contributed by atoms with E-state index in [1.807, 2.05) is 24.3 Å².